The number of allylic oxidation sites excluding steroid dienone is 6. The van der Waals surface area contributed by atoms with Gasteiger partial charge in [-0.05, 0) is 43.9 Å². The maximum absolute atomic E-state index is 9.68. The predicted molar refractivity (Wildman–Crippen MR) is 128 cm³/mol. The molecule has 2 rings (SSSR count). The first-order valence-corrected chi connectivity index (χ1v) is 12.6. The third kappa shape index (κ3) is 11.0. The molecule has 0 aromatic heterocycles. The average Bonchev–Trinajstić information content (AvgIpc) is 2.73. The Hall–Kier alpha value is -1.08. The lowest BCUT2D eigenvalue weighted by atomic mass is 9.87. The molecule has 0 spiro atoms. The fraction of sp³-hybridized carbons (Fsp3) is 0.714. The molecular weight excluding hydrogens is 352 g/mol. The van der Waals surface area contributed by atoms with Gasteiger partial charge in [-0.3, -0.25) is 0 Å². The molecule has 0 bridgehead atoms. The zero-order valence-corrected chi connectivity index (χ0v) is 19.2. The van der Waals surface area contributed by atoms with Gasteiger partial charge in [0.2, 0.25) is 0 Å². The van der Waals surface area contributed by atoms with Crippen molar-refractivity contribution < 1.29 is 5.11 Å². The number of rotatable bonds is 15. The maximum Gasteiger partial charge on any atom is 0.0758 e. The largest absolute Gasteiger partial charge is 0.389 e. The molecule has 0 amide bonds. The van der Waals surface area contributed by atoms with Crippen LogP contribution in [0.4, 0.5) is 0 Å². The maximum atomic E-state index is 9.68. The highest BCUT2D eigenvalue weighted by atomic mass is 16.3. The van der Waals surface area contributed by atoms with Crippen LogP contribution in [0.5, 0.6) is 0 Å². The summed E-state index contributed by atoms with van der Waals surface area (Å²) in [5.41, 5.74) is 3.02. The van der Waals surface area contributed by atoms with Gasteiger partial charge in [0.15, 0.2) is 0 Å². The Bertz CT molecular complexity index is 551. The molecule has 0 radical (unpaired) electrons. The van der Waals surface area contributed by atoms with Gasteiger partial charge in [0.05, 0.1) is 6.10 Å². The van der Waals surface area contributed by atoms with Crippen molar-refractivity contribution in [3.63, 3.8) is 0 Å². The van der Waals surface area contributed by atoms with Crippen LogP contribution in [0.25, 0.3) is 0 Å². The van der Waals surface area contributed by atoms with Crippen LogP contribution in [-0.4, -0.2) is 11.2 Å². The van der Waals surface area contributed by atoms with Crippen LogP contribution in [0.2, 0.25) is 0 Å². The molecule has 2 aliphatic rings. The molecule has 0 aromatic carbocycles. The van der Waals surface area contributed by atoms with Gasteiger partial charge in [0.1, 0.15) is 0 Å². The molecule has 1 N–H and O–H groups in total. The minimum absolute atomic E-state index is 0.261. The summed E-state index contributed by atoms with van der Waals surface area (Å²) >= 11 is 0. The van der Waals surface area contributed by atoms with Gasteiger partial charge >= 0.3 is 0 Å². The van der Waals surface area contributed by atoms with Crippen molar-refractivity contribution in [3.8, 4) is 0 Å². The Morgan fingerprint density at radius 1 is 0.828 bits per heavy atom. The van der Waals surface area contributed by atoms with E-state index in [0.717, 1.165) is 18.3 Å². The highest BCUT2D eigenvalue weighted by molar-refractivity contribution is 5.24. The molecular formula is C28H46O. The summed E-state index contributed by atoms with van der Waals surface area (Å²) in [6, 6.07) is 0. The van der Waals surface area contributed by atoms with E-state index < -0.39 is 0 Å². The third-order valence-corrected chi connectivity index (χ3v) is 6.61. The molecule has 3 unspecified atom stereocenters. The second-order valence-electron chi connectivity index (χ2n) is 9.52. The summed E-state index contributed by atoms with van der Waals surface area (Å²) in [6.07, 6.45) is 33.0. The lowest BCUT2D eigenvalue weighted by Gasteiger charge is -2.20. The fourth-order valence-electron chi connectivity index (χ4n) is 4.60. The van der Waals surface area contributed by atoms with E-state index in [2.05, 4.69) is 44.2 Å². The molecule has 2 aliphatic carbocycles. The van der Waals surface area contributed by atoms with Crippen LogP contribution >= 0.6 is 0 Å². The van der Waals surface area contributed by atoms with Crippen molar-refractivity contribution in [2.24, 2.45) is 11.8 Å². The van der Waals surface area contributed by atoms with Gasteiger partial charge in [0, 0.05) is 0 Å². The standard InChI is InChI=1S/C28H46O/c1-3-4-5-6-10-13-26(23-27-19-21-28(29)22-20-27)14-11-8-7-9-12-25-17-15-24(2)16-18-25/h15,17-21,24,26,28-29H,3-14,16,22-23H2,1-2H3. The van der Waals surface area contributed by atoms with Gasteiger partial charge in [0.25, 0.3) is 0 Å². The summed E-state index contributed by atoms with van der Waals surface area (Å²) in [6.45, 7) is 4.59. The van der Waals surface area contributed by atoms with Gasteiger partial charge in [-0.15, -0.1) is 0 Å². The molecule has 0 aliphatic heterocycles. The Morgan fingerprint density at radius 2 is 1.48 bits per heavy atom. The van der Waals surface area contributed by atoms with E-state index in [9.17, 15) is 5.11 Å². The summed E-state index contributed by atoms with van der Waals surface area (Å²) < 4.78 is 0. The van der Waals surface area contributed by atoms with E-state index in [1.165, 1.54) is 95.5 Å². The second-order valence-corrected chi connectivity index (χ2v) is 9.52. The summed E-state index contributed by atoms with van der Waals surface area (Å²) in [5, 5.41) is 9.68. The fourth-order valence-corrected chi connectivity index (χ4v) is 4.60. The molecule has 3 atom stereocenters. The molecule has 0 saturated heterocycles. The second kappa shape index (κ2) is 14.8. The van der Waals surface area contributed by atoms with E-state index in [4.69, 9.17) is 0 Å². The predicted octanol–water partition coefficient (Wildman–Crippen LogP) is 8.46. The van der Waals surface area contributed by atoms with Crippen LogP contribution < -0.4 is 0 Å². The number of hydrogen-bond acceptors (Lipinski definition) is 1. The van der Waals surface area contributed by atoms with Crippen LogP contribution in [0.1, 0.15) is 110 Å². The monoisotopic (exact) mass is 398 g/mol. The third-order valence-electron chi connectivity index (χ3n) is 6.61. The van der Waals surface area contributed by atoms with Crippen LogP contribution in [-0.2, 0) is 0 Å². The van der Waals surface area contributed by atoms with Crippen molar-refractivity contribution in [3.05, 3.63) is 47.6 Å². The molecule has 0 fully saturated rings. The van der Waals surface area contributed by atoms with E-state index >= 15 is 0 Å². The topological polar surface area (TPSA) is 20.2 Å². The van der Waals surface area contributed by atoms with Crippen molar-refractivity contribution in [2.75, 3.05) is 0 Å². The minimum atomic E-state index is -0.261. The van der Waals surface area contributed by atoms with E-state index in [0.29, 0.717) is 0 Å². The lowest BCUT2D eigenvalue weighted by molar-refractivity contribution is 0.224. The van der Waals surface area contributed by atoms with Gasteiger partial charge in [-0.2, -0.15) is 0 Å². The molecule has 164 valence electrons. The molecule has 0 aromatic rings. The quantitative estimate of drug-likeness (QED) is 0.274. The molecule has 1 nitrogen and oxygen atoms in total. The normalized spacial score (nSPS) is 22.4. The smallest absolute Gasteiger partial charge is 0.0758 e. The molecule has 0 heterocycles. The average molecular weight is 399 g/mol. The number of unbranched alkanes of at least 4 members (excludes halogenated alkanes) is 7. The molecule has 29 heavy (non-hydrogen) atoms. The van der Waals surface area contributed by atoms with Crippen LogP contribution in [0, 0.1) is 11.8 Å². The highest BCUT2D eigenvalue weighted by Gasteiger charge is 2.13. The van der Waals surface area contributed by atoms with E-state index in [-0.39, 0.29) is 6.10 Å². The van der Waals surface area contributed by atoms with Crippen molar-refractivity contribution >= 4 is 0 Å². The first-order chi connectivity index (χ1) is 14.2. The van der Waals surface area contributed by atoms with Crippen LogP contribution in [0.15, 0.2) is 47.6 Å². The van der Waals surface area contributed by atoms with E-state index in [1.54, 1.807) is 5.57 Å². The van der Waals surface area contributed by atoms with Gasteiger partial charge < -0.3 is 5.11 Å². The molecule has 0 saturated carbocycles. The van der Waals surface area contributed by atoms with Gasteiger partial charge in [-0.25, -0.2) is 0 Å². The number of aliphatic hydroxyl groups excluding tert-OH is 1. The first-order valence-electron chi connectivity index (χ1n) is 12.6. The summed E-state index contributed by atoms with van der Waals surface area (Å²) in [7, 11) is 0. The zero-order chi connectivity index (χ0) is 20.7. The zero-order valence-electron chi connectivity index (χ0n) is 19.2. The van der Waals surface area contributed by atoms with Crippen molar-refractivity contribution in [1.82, 2.24) is 0 Å². The highest BCUT2D eigenvalue weighted by Crippen LogP contribution is 2.28. The summed E-state index contributed by atoms with van der Waals surface area (Å²) in [5.74, 6) is 1.56. The Labute approximate surface area is 181 Å². The van der Waals surface area contributed by atoms with Crippen molar-refractivity contribution in [1.29, 1.82) is 0 Å². The lowest BCUT2D eigenvalue weighted by Crippen LogP contribution is -2.08. The van der Waals surface area contributed by atoms with E-state index in [1.807, 2.05) is 6.08 Å². The van der Waals surface area contributed by atoms with Crippen LogP contribution in [0.3, 0.4) is 0 Å². The van der Waals surface area contributed by atoms with Gasteiger partial charge in [-0.1, -0.05) is 126 Å². The Morgan fingerprint density at radius 3 is 2.10 bits per heavy atom. The molecule has 1 heteroatoms. The first kappa shape index (κ1) is 24.2. The minimum Gasteiger partial charge on any atom is -0.389 e. The summed E-state index contributed by atoms with van der Waals surface area (Å²) in [4.78, 5) is 0. The number of hydrogen-bond donors (Lipinski definition) is 1. The SMILES string of the molecule is CCCCCCCC(CCCCCCC1=CCC(C)C=C1)CC1=CCC(O)C=C1. The number of aliphatic hydroxyl groups is 1. The van der Waals surface area contributed by atoms with Crippen molar-refractivity contribution in [2.45, 2.75) is 116 Å². The Kier molecular flexibility index (Phi) is 12.4. The Balaban J connectivity index is 1.63.